The molecule has 9 heteroatoms. The first-order valence-electron chi connectivity index (χ1n) is 11.7. The molecule has 0 unspecified atom stereocenters. The van der Waals surface area contributed by atoms with Gasteiger partial charge in [0.2, 0.25) is 0 Å². The van der Waals surface area contributed by atoms with E-state index < -0.39 is 12.0 Å². The van der Waals surface area contributed by atoms with Crippen LogP contribution in [0.2, 0.25) is 0 Å². The highest BCUT2D eigenvalue weighted by Crippen LogP contribution is 2.36. The number of benzene rings is 2. The van der Waals surface area contributed by atoms with E-state index in [-0.39, 0.29) is 12.2 Å². The molecule has 4 rings (SSSR count). The molecule has 0 N–H and O–H groups in total. The zero-order chi connectivity index (χ0) is 26.5. The van der Waals surface area contributed by atoms with Crippen molar-refractivity contribution in [2.24, 2.45) is 4.99 Å². The molecule has 2 aromatic carbocycles. The Morgan fingerprint density at radius 3 is 2.65 bits per heavy atom. The smallest absolute Gasteiger partial charge is 0.338 e. The average Bonchev–Trinajstić information content (AvgIpc) is 3.20. The lowest BCUT2D eigenvalue weighted by Gasteiger charge is -2.25. The predicted molar refractivity (Wildman–Crippen MR) is 142 cm³/mol. The predicted octanol–water partition coefficient (Wildman–Crippen LogP) is 3.38. The molecule has 1 aliphatic heterocycles. The Morgan fingerprint density at radius 1 is 1.16 bits per heavy atom. The maximum absolute atomic E-state index is 13.8. The molecule has 0 radical (unpaired) electrons. The van der Waals surface area contributed by atoms with Crippen molar-refractivity contribution in [3.8, 4) is 17.2 Å². The number of rotatable bonds is 9. The van der Waals surface area contributed by atoms with Crippen LogP contribution >= 0.6 is 11.3 Å². The molecule has 0 fully saturated rings. The molecular formula is C28H28N2O6S. The van der Waals surface area contributed by atoms with Crippen LogP contribution in [-0.4, -0.2) is 38.0 Å². The first kappa shape index (κ1) is 26.0. The van der Waals surface area contributed by atoms with Crippen molar-refractivity contribution < 1.29 is 23.7 Å². The lowest BCUT2D eigenvalue weighted by Crippen LogP contribution is -2.39. The summed E-state index contributed by atoms with van der Waals surface area (Å²) in [6.07, 6.45) is 3.46. The van der Waals surface area contributed by atoms with Crippen LogP contribution in [0.4, 0.5) is 0 Å². The Labute approximate surface area is 218 Å². The summed E-state index contributed by atoms with van der Waals surface area (Å²) >= 11 is 1.26. The summed E-state index contributed by atoms with van der Waals surface area (Å²) in [6, 6.07) is 12.0. The topological polar surface area (TPSA) is 88.3 Å². The summed E-state index contributed by atoms with van der Waals surface area (Å²) in [5.74, 6) is 1.17. The maximum Gasteiger partial charge on any atom is 0.338 e. The molecule has 1 aliphatic rings. The monoisotopic (exact) mass is 520 g/mol. The van der Waals surface area contributed by atoms with Crippen LogP contribution in [0.25, 0.3) is 6.08 Å². The second-order valence-electron chi connectivity index (χ2n) is 8.09. The van der Waals surface area contributed by atoms with Gasteiger partial charge in [0.05, 0.1) is 42.7 Å². The van der Waals surface area contributed by atoms with Crippen LogP contribution in [0, 0.1) is 0 Å². The fourth-order valence-corrected chi connectivity index (χ4v) is 5.18. The van der Waals surface area contributed by atoms with Gasteiger partial charge in [-0.25, -0.2) is 9.79 Å². The number of aromatic nitrogens is 1. The molecule has 0 saturated carbocycles. The van der Waals surface area contributed by atoms with E-state index in [1.165, 1.54) is 23.0 Å². The second kappa shape index (κ2) is 11.3. The highest BCUT2D eigenvalue weighted by Gasteiger charge is 2.33. The molecule has 0 spiro atoms. The molecule has 37 heavy (non-hydrogen) atoms. The van der Waals surface area contributed by atoms with E-state index in [9.17, 15) is 9.59 Å². The highest BCUT2D eigenvalue weighted by molar-refractivity contribution is 7.07. The van der Waals surface area contributed by atoms with Crippen LogP contribution in [0.3, 0.4) is 0 Å². The van der Waals surface area contributed by atoms with Crippen molar-refractivity contribution in [2.45, 2.75) is 19.9 Å². The van der Waals surface area contributed by atoms with Gasteiger partial charge in [-0.05, 0) is 55.3 Å². The van der Waals surface area contributed by atoms with E-state index in [1.54, 1.807) is 45.2 Å². The first-order chi connectivity index (χ1) is 17.9. The van der Waals surface area contributed by atoms with Gasteiger partial charge < -0.3 is 18.9 Å². The number of fused-ring (bicyclic) bond motifs is 1. The molecule has 3 aromatic rings. The van der Waals surface area contributed by atoms with Crippen molar-refractivity contribution >= 4 is 23.4 Å². The van der Waals surface area contributed by atoms with Crippen LogP contribution in [0.1, 0.15) is 31.0 Å². The molecule has 2 heterocycles. The third-order valence-corrected chi connectivity index (χ3v) is 6.75. The minimum Gasteiger partial charge on any atom is -0.493 e. The third kappa shape index (κ3) is 5.22. The van der Waals surface area contributed by atoms with Gasteiger partial charge in [0, 0.05) is 0 Å². The maximum atomic E-state index is 13.8. The Balaban J connectivity index is 1.91. The van der Waals surface area contributed by atoms with E-state index in [0.717, 1.165) is 5.56 Å². The standard InChI is InChI=1S/C28H28N2O6S/c1-6-13-36-20-10-8-9-18(14-20)15-23-26(31)30-25(19-11-12-21(33-4)22(16-19)34-5)24(27(32)35-7-2)17(3)29-28(30)37-23/h6,8-12,14-16,25H,1,7,13H2,2-5H3/b23-15-/t25-/m0/s1. The van der Waals surface area contributed by atoms with Crippen LogP contribution in [0.5, 0.6) is 17.2 Å². The zero-order valence-corrected chi connectivity index (χ0v) is 22.0. The SMILES string of the molecule is C=CCOc1cccc(/C=c2\sc3n(c2=O)[C@@H](c2ccc(OC)c(OC)c2)C(C(=O)OCC)=C(C)N=3)c1. The van der Waals surface area contributed by atoms with Crippen molar-refractivity contribution in [3.63, 3.8) is 0 Å². The van der Waals surface area contributed by atoms with Gasteiger partial charge in [-0.3, -0.25) is 9.36 Å². The average molecular weight is 521 g/mol. The number of hydrogen-bond donors (Lipinski definition) is 0. The van der Waals surface area contributed by atoms with Gasteiger partial charge >= 0.3 is 5.97 Å². The quantitative estimate of drug-likeness (QED) is 0.318. The second-order valence-corrected chi connectivity index (χ2v) is 9.10. The largest absolute Gasteiger partial charge is 0.493 e. The number of nitrogens with zero attached hydrogens (tertiary/aromatic N) is 2. The molecule has 0 saturated heterocycles. The van der Waals surface area contributed by atoms with Gasteiger partial charge in [0.25, 0.3) is 5.56 Å². The summed E-state index contributed by atoms with van der Waals surface area (Å²) in [6.45, 7) is 7.73. The summed E-state index contributed by atoms with van der Waals surface area (Å²) < 4.78 is 23.9. The minimum absolute atomic E-state index is 0.197. The summed E-state index contributed by atoms with van der Waals surface area (Å²) in [5.41, 5.74) is 1.99. The Morgan fingerprint density at radius 2 is 1.95 bits per heavy atom. The van der Waals surface area contributed by atoms with E-state index in [4.69, 9.17) is 18.9 Å². The van der Waals surface area contributed by atoms with Crippen LogP contribution < -0.4 is 29.1 Å². The number of thiazole rings is 1. The Hall–Kier alpha value is -4.11. The lowest BCUT2D eigenvalue weighted by molar-refractivity contribution is -0.139. The van der Waals surface area contributed by atoms with Crippen molar-refractivity contribution in [1.29, 1.82) is 0 Å². The van der Waals surface area contributed by atoms with Gasteiger partial charge in [0.1, 0.15) is 12.4 Å². The normalized spacial score (nSPS) is 15.0. The summed E-state index contributed by atoms with van der Waals surface area (Å²) in [7, 11) is 3.08. The third-order valence-electron chi connectivity index (χ3n) is 5.76. The Bertz CT molecular complexity index is 1550. The molecule has 192 valence electrons. The minimum atomic E-state index is -0.750. The zero-order valence-electron chi connectivity index (χ0n) is 21.1. The molecule has 1 atom stereocenters. The molecule has 0 amide bonds. The number of carbonyl (C=O) groups excluding carboxylic acids is 1. The van der Waals surface area contributed by atoms with Gasteiger partial charge in [-0.15, -0.1) is 0 Å². The highest BCUT2D eigenvalue weighted by atomic mass is 32.1. The van der Waals surface area contributed by atoms with E-state index in [2.05, 4.69) is 11.6 Å². The number of allylic oxidation sites excluding steroid dienone is 1. The van der Waals surface area contributed by atoms with E-state index >= 15 is 0 Å². The number of carbonyl (C=O) groups is 1. The molecule has 0 aliphatic carbocycles. The molecule has 8 nitrogen and oxygen atoms in total. The lowest BCUT2D eigenvalue weighted by atomic mass is 9.95. The van der Waals surface area contributed by atoms with Crippen molar-refractivity contribution in [2.75, 3.05) is 27.4 Å². The molecule has 0 bridgehead atoms. The van der Waals surface area contributed by atoms with Crippen molar-refractivity contribution in [3.05, 3.63) is 97.2 Å². The van der Waals surface area contributed by atoms with Crippen LogP contribution in [0.15, 0.2) is 76.2 Å². The number of hydrogen-bond acceptors (Lipinski definition) is 8. The number of esters is 1. The van der Waals surface area contributed by atoms with Gasteiger partial charge in [0.15, 0.2) is 16.3 Å². The van der Waals surface area contributed by atoms with E-state index in [0.29, 0.717) is 50.0 Å². The molecular weight excluding hydrogens is 492 g/mol. The van der Waals surface area contributed by atoms with Crippen LogP contribution in [-0.2, 0) is 9.53 Å². The fourth-order valence-electron chi connectivity index (χ4n) is 4.13. The Kier molecular flexibility index (Phi) is 7.93. The number of ether oxygens (including phenoxy) is 4. The van der Waals surface area contributed by atoms with E-state index in [1.807, 2.05) is 30.3 Å². The summed E-state index contributed by atoms with van der Waals surface area (Å²) in [4.78, 5) is 32.0. The first-order valence-corrected chi connectivity index (χ1v) is 12.5. The van der Waals surface area contributed by atoms with Gasteiger partial charge in [-0.1, -0.05) is 42.2 Å². The summed E-state index contributed by atoms with van der Waals surface area (Å²) in [5, 5.41) is 0. The fraction of sp³-hybridized carbons (Fsp3) is 0.250. The molecule has 1 aromatic heterocycles. The number of methoxy groups -OCH3 is 2. The van der Waals surface area contributed by atoms with Gasteiger partial charge in [-0.2, -0.15) is 0 Å². The van der Waals surface area contributed by atoms with Crippen molar-refractivity contribution in [1.82, 2.24) is 4.57 Å².